The molecule has 0 spiro atoms. The number of hydrogen-bond acceptors (Lipinski definition) is 5. The lowest BCUT2D eigenvalue weighted by Crippen LogP contribution is -2.25. The maximum absolute atomic E-state index is 11.6. The number of hydrogen-bond donors (Lipinski definition) is 3. The van der Waals surface area contributed by atoms with Crippen molar-refractivity contribution in [1.29, 1.82) is 0 Å². The van der Waals surface area contributed by atoms with Gasteiger partial charge in [-0.1, -0.05) is 5.16 Å². The van der Waals surface area contributed by atoms with E-state index in [1.165, 1.54) is 6.26 Å². The Kier molecular flexibility index (Phi) is 2.86. The summed E-state index contributed by atoms with van der Waals surface area (Å²) < 4.78 is 4.58. The number of carbonyl (C=O) groups is 2. The molecule has 2 aromatic rings. The Bertz CT molecular complexity index is 531. The van der Waals surface area contributed by atoms with Gasteiger partial charge in [0.1, 0.15) is 12.0 Å². The Morgan fingerprint density at radius 1 is 1.53 bits per heavy atom. The molecule has 0 aliphatic rings. The summed E-state index contributed by atoms with van der Waals surface area (Å²) in [6.07, 6.45) is 2.52. The highest BCUT2D eigenvalue weighted by molar-refractivity contribution is 6.02. The van der Waals surface area contributed by atoms with Gasteiger partial charge in [-0.05, 0) is 0 Å². The molecule has 0 unspecified atom stereocenters. The van der Waals surface area contributed by atoms with E-state index in [2.05, 4.69) is 25.0 Å². The lowest BCUT2D eigenvalue weighted by atomic mass is 10.3. The van der Waals surface area contributed by atoms with Crippen LogP contribution in [0.25, 0.3) is 0 Å². The highest BCUT2D eigenvalue weighted by atomic mass is 16.5. The fourth-order valence-corrected chi connectivity index (χ4v) is 1.21. The number of aromatic nitrogens is 3. The lowest BCUT2D eigenvalue weighted by molar-refractivity contribution is 0.0685. The minimum absolute atomic E-state index is 0.140. The van der Waals surface area contributed by atoms with Crippen molar-refractivity contribution < 1.29 is 19.2 Å². The number of carbonyl (C=O) groups excluding carboxylic acids is 1. The number of H-pyrrole nitrogens is 1. The molecule has 0 atom stereocenters. The van der Waals surface area contributed by atoms with E-state index in [9.17, 15) is 9.59 Å². The quantitative estimate of drug-likeness (QED) is 0.688. The van der Waals surface area contributed by atoms with E-state index in [0.29, 0.717) is 5.69 Å². The van der Waals surface area contributed by atoms with Crippen LogP contribution in [0.4, 0.5) is 0 Å². The molecule has 2 heterocycles. The number of aromatic carboxylic acids is 1. The smallest absolute Gasteiger partial charge is 0.354 e. The molecule has 0 aliphatic heterocycles. The van der Waals surface area contributed by atoms with Crippen LogP contribution in [0, 0.1) is 0 Å². The van der Waals surface area contributed by atoms with Crippen molar-refractivity contribution in [3.05, 3.63) is 35.7 Å². The average molecular weight is 236 g/mol. The Morgan fingerprint density at radius 2 is 2.35 bits per heavy atom. The van der Waals surface area contributed by atoms with Crippen molar-refractivity contribution in [3.63, 3.8) is 0 Å². The molecule has 1 amide bonds. The first-order valence-electron chi connectivity index (χ1n) is 4.62. The van der Waals surface area contributed by atoms with Crippen molar-refractivity contribution in [2.45, 2.75) is 6.54 Å². The van der Waals surface area contributed by atoms with Crippen molar-refractivity contribution in [2.75, 3.05) is 0 Å². The van der Waals surface area contributed by atoms with Crippen molar-refractivity contribution in [2.24, 2.45) is 0 Å². The van der Waals surface area contributed by atoms with Gasteiger partial charge in [0.15, 0.2) is 11.4 Å². The third-order valence-electron chi connectivity index (χ3n) is 1.99. The molecule has 17 heavy (non-hydrogen) atoms. The monoisotopic (exact) mass is 236 g/mol. The zero-order valence-corrected chi connectivity index (χ0v) is 8.51. The van der Waals surface area contributed by atoms with Gasteiger partial charge >= 0.3 is 5.97 Å². The van der Waals surface area contributed by atoms with Gasteiger partial charge in [0.05, 0.1) is 12.9 Å². The van der Waals surface area contributed by atoms with Gasteiger partial charge in [0.2, 0.25) is 0 Å². The second-order valence-electron chi connectivity index (χ2n) is 3.10. The number of amides is 1. The van der Waals surface area contributed by atoms with Crippen molar-refractivity contribution >= 4 is 11.9 Å². The molecule has 8 nitrogen and oxygen atoms in total. The summed E-state index contributed by atoms with van der Waals surface area (Å²) in [6.45, 7) is 0.140. The van der Waals surface area contributed by atoms with Crippen LogP contribution < -0.4 is 5.32 Å². The maximum atomic E-state index is 11.6. The average Bonchev–Trinajstić information content (AvgIpc) is 2.96. The molecular weight excluding hydrogens is 228 g/mol. The van der Waals surface area contributed by atoms with Crippen LogP contribution in [0.5, 0.6) is 0 Å². The Labute approximate surface area is 94.6 Å². The molecule has 0 fully saturated rings. The van der Waals surface area contributed by atoms with Crippen LogP contribution in [0.1, 0.15) is 26.7 Å². The molecule has 2 rings (SSSR count). The van der Waals surface area contributed by atoms with Crippen molar-refractivity contribution in [3.8, 4) is 0 Å². The predicted octanol–water partition coefficient (Wildman–Crippen LogP) is 0.0259. The van der Waals surface area contributed by atoms with E-state index in [0.717, 1.165) is 6.33 Å². The standard InChI is InChI=1S/C9H8N4O4/c14-8(10-3-5-1-2-17-13-5)6-7(9(15)16)12-4-11-6/h1-2,4H,3H2,(H,10,14)(H,11,12)(H,15,16). The third-order valence-corrected chi connectivity index (χ3v) is 1.99. The topological polar surface area (TPSA) is 121 Å². The van der Waals surface area contributed by atoms with Crippen LogP contribution >= 0.6 is 0 Å². The number of nitrogens with one attached hydrogen (secondary N) is 2. The van der Waals surface area contributed by atoms with Crippen LogP contribution in [-0.2, 0) is 6.54 Å². The summed E-state index contributed by atoms with van der Waals surface area (Å²) in [7, 11) is 0. The van der Waals surface area contributed by atoms with E-state index in [4.69, 9.17) is 5.11 Å². The van der Waals surface area contributed by atoms with E-state index in [1.807, 2.05) is 0 Å². The van der Waals surface area contributed by atoms with Crippen LogP contribution in [0.2, 0.25) is 0 Å². The van der Waals surface area contributed by atoms with Crippen LogP contribution in [0.15, 0.2) is 23.2 Å². The zero-order chi connectivity index (χ0) is 12.3. The number of nitrogens with zero attached hydrogens (tertiary/aromatic N) is 2. The Balaban J connectivity index is 2.04. The molecule has 2 aromatic heterocycles. The zero-order valence-electron chi connectivity index (χ0n) is 8.51. The predicted molar refractivity (Wildman–Crippen MR) is 53.2 cm³/mol. The summed E-state index contributed by atoms with van der Waals surface area (Å²) in [5.41, 5.74) is 0.120. The first-order chi connectivity index (χ1) is 8.18. The van der Waals surface area contributed by atoms with Gasteiger partial charge in [-0.15, -0.1) is 0 Å². The molecular formula is C9H8N4O4. The molecule has 3 N–H and O–H groups in total. The summed E-state index contributed by atoms with van der Waals surface area (Å²) in [6, 6.07) is 1.59. The fraction of sp³-hybridized carbons (Fsp3) is 0.111. The summed E-state index contributed by atoms with van der Waals surface area (Å²) in [4.78, 5) is 28.4. The molecule has 8 heteroatoms. The SMILES string of the molecule is O=C(NCc1ccon1)c1nc[nH]c1C(=O)O. The van der Waals surface area contributed by atoms with E-state index >= 15 is 0 Å². The number of carboxylic acids is 1. The van der Waals surface area contributed by atoms with Gasteiger partial charge in [-0.25, -0.2) is 9.78 Å². The van der Waals surface area contributed by atoms with Gasteiger partial charge < -0.3 is 19.9 Å². The second-order valence-corrected chi connectivity index (χ2v) is 3.10. The minimum atomic E-state index is -1.24. The molecule has 0 saturated carbocycles. The Morgan fingerprint density at radius 3 is 3.00 bits per heavy atom. The highest BCUT2D eigenvalue weighted by Crippen LogP contribution is 2.03. The Hall–Kier alpha value is -2.64. The largest absolute Gasteiger partial charge is 0.477 e. The number of rotatable bonds is 4. The molecule has 88 valence electrons. The fourth-order valence-electron chi connectivity index (χ4n) is 1.21. The number of imidazole rings is 1. The molecule has 0 aliphatic carbocycles. The first kappa shape index (κ1) is 10.9. The first-order valence-corrected chi connectivity index (χ1v) is 4.62. The van der Waals surface area contributed by atoms with E-state index in [1.54, 1.807) is 6.07 Å². The lowest BCUT2D eigenvalue weighted by Gasteiger charge is -2.00. The van der Waals surface area contributed by atoms with E-state index in [-0.39, 0.29) is 17.9 Å². The van der Waals surface area contributed by atoms with E-state index < -0.39 is 11.9 Å². The number of aromatic amines is 1. The van der Waals surface area contributed by atoms with Gasteiger partial charge in [0.25, 0.3) is 5.91 Å². The minimum Gasteiger partial charge on any atom is -0.477 e. The molecule has 0 radical (unpaired) electrons. The normalized spacial score (nSPS) is 10.1. The summed E-state index contributed by atoms with van der Waals surface area (Å²) >= 11 is 0. The van der Waals surface area contributed by atoms with Crippen LogP contribution in [0.3, 0.4) is 0 Å². The van der Waals surface area contributed by atoms with Crippen LogP contribution in [-0.4, -0.2) is 32.1 Å². The summed E-state index contributed by atoms with van der Waals surface area (Å²) in [5.74, 6) is -1.83. The second kappa shape index (κ2) is 4.47. The highest BCUT2D eigenvalue weighted by Gasteiger charge is 2.19. The maximum Gasteiger partial charge on any atom is 0.354 e. The van der Waals surface area contributed by atoms with Crippen molar-refractivity contribution in [1.82, 2.24) is 20.4 Å². The van der Waals surface area contributed by atoms with Gasteiger partial charge in [-0.3, -0.25) is 4.79 Å². The molecule has 0 saturated heterocycles. The summed E-state index contributed by atoms with van der Waals surface area (Å²) in [5, 5.41) is 14.8. The van der Waals surface area contributed by atoms with Gasteiger partial charge in [0, 0.05) is 6.07 Å². The number of carboxylic acid groups (broad SMARTS) is 1. The molecule has 0 bridgehead atoms. The third kappa shape index (κ3) is 2.30. The van der Waals surface area contributed by atoms with Gasteiger partial charge in [-0.2, -0.15) is 0 Å². The molecule has 0 aromatic carbocycles.